The Morgan fingerprint density at radius 3 is 2.80 bits per heavy atom. The van der Waals surface area contributed by atoms with Gasteiger partial charge in [0.05, 0.1) is 17.4 Å². The summed E-state index contributed by atoms with van der Waals surface area (Å²) in [5.41, 5.74) is 1.05. The molecule has 7 heteroatoms. The van der Waals surface area contributed by atoms with Crippen molar-refractivity contribution in [2.24, 2.45) is 5.92 Å². The molecule has 2 aromatic rings. The quantitative estimate of drug-likeness (QED) is 0.824. The number of hydrogen-bond donors (Lipinski definition) is 2. The van der Waals surface area contributed by atoms with Gasteiger partial charge in [0.15, 0.2) is 0 Å². The van der Waals surface area contributed by atoms with Gasteiger partial charge in [-0.3, -0.25) is 4.79 Å². The van der Waals surface area contributed by atoms with Crippen molar-refractivity contribution in [1.82, 2.24) is 25.5 Å². The topological polar surface area (TPSA) is 92.9 Å². The minimum Gasteiger partial charge on any atom is -0.391 e. The number of hydrogen-bond acceptors (Lipinski definition) is 5. The summed E-state index contributed by atoms with van der Waals surface area (Å²) in [5, 5.41) is 23.3. The average Bonchev–Trinajstić information content (AvgIpc) is 2.98. The van der Waals surface area contributed by atoms with Crippen LogP contribution in [-0.4, -0.2) is 43.9 Å². The van der Waals surface area contributed by atoms with Crippen LogP contribution in [0.15, 0.2) is 30.6 Å². The number of aromatic nitrogens is 4. The van der Waals surface area contributed by atoms with E-state index in [0.29, 0.717) is 11.3 Å². The van der Waals surface area contributed by atoms with Crippen molar-refractivity contribution in [2.45, 2.75) is 20.0 Å². The van der Waals surface area contributed by atoms with Crippen LogP contribution in [0.1, 0.15) is 24.2 Å². The SMILES string of the molecule is CC(C)C(O)CNC(=O)c1ccccc1-n1cnnn1. The zero-order valence-corrected chi connectivity index (χ0v) is 11.4. The van der Waals surface area contributed by atoms with Crippen LogP contribution in [-0.2, 0) is 0 Å². The number of carbonyl (C=O) groups is 1. The van der Waals surface area contributed by atoms with Gasteiger partial charge in [-0.25, -0.2) is 0 Å². The number of aliphatic hydroxyl groups excluding tert-OH is 1. The van der Waals surface area contributed by atoms with Crippen LogP contribution in [0.3, 0.4) is 0 Å². The molecule has 0 aliphatic heterocycles. The molecule has 20 heavy (non-hydrogen) atoms. The summed E-state index contributed by atoms with van der Waals surface area (Å²) in [6, 6.07) is 7.01. The molecule has 1 unspecified atom stereocenters. The molecule has 0 aliphatic rings. The maximum atomic E-state index is 12.2. The summed E-state index contributed by atoms with van der Waals surface area (Å²) in [7, 11) is 0. The van der Waals surface area contributed by atoms with E-state index in [2.05, 4.69) is 20.8 Å². The van der Waals surface area contributed by atoms with Crippen molar-refractivity contribution in [3.8, 4) is 5.69 Å². The molecule has 1 aromatic carbocycles. The first kappa shape index (κ1) is 14.1. The van der Waals surface area contributed by atoms with Gasteiger partial charge in [0, 0.05) is 6.54 Å². The van der Waals surface area contributed by atoms with Gasteiger partial charge in [0.25, 0.3) is 5.91 Å². The predicted molar refractivity (Wildman–Crippen MR) is 72.3 cm³/mol. The molecule has 1 amide bonds. The molecule has 1 atom stereocenters. The highest BCUT2D eigenvalue weighted by molar-refractivity contribution is 5.97. The lowest BCUT2D eigenvalue weighted by atomic mass is 10.1. The first-order valence-electron chi connectivity index (χ1n) is 6.38. The van der Waals surface area contributed by atoms with E-state index in [0.717, 1.165) is 0 Å². The van der Waals surface area contributed by atoms with Crippen LogP contribution in [0.4, 0.5) is 0 Å². The molecule has 2 N–H and O–H groups in total. The molecule has 0 saturated carbocycles. The molecule has 0 fully saturated rings. The Morgan fingerprint density at radius 2 is 2.15 bits per heavy atom. The van der Waals surface area contributed by atoms with Crippen LogP contribution in [0, 0.1) is 5.92 Å². The Morgan fingerprint density at radius 1 is 1.40 bits per heavy atom. The normalized spacial score (nSPS) is 12.4. The molecule has 106 valence electrons. The number of amides is 1. The maximum Gasteiger partial charge on any atom is 0.253 e. The third kappa shape index (κ3) is 3.18. The van der Waals surface area contributed by atoms with Crippen LogP contribution in [0.2, 0.25) is 0 Å². The number of rotatable bonds is 5. The van der Waals surface area contributed by atoms with Crippen molar-refractivity contribution < 1.29 is 9.90 Å². The molecule has 1 heterocycles. The van der Waals surface area contributed by atoms with E-state index < -0.39 is 6.10 Å². The van der Waals surface area contributed by atoms with E-state index in [1.807, 2.05) is 13.8 Å². The number of carbonyl (C=O) groups excluding carboxylic acids is 1. The molecular weight excluding hydrogens is 258 g/mol. The average molecular weight is 275 g/mol. The molecule has 7 nitrogen and oxygen atoms in total. The standard InChI is InChI=1S/C13H17N5O2/c1-9(2)12(19)7-14-13(20)10-5-3-4-6-11(10)18-8-15-16-17-18/h3-6,8-9,12,19H,7H2,1-2H3,(H,14,20). The van der Waals surface area contributed by atoms with E-state index in [1.54, 1.807) is 24.3 Å². The monoisotopic (exact) mass is 275 g/mol. The number of benzene rings is 1. The summed E-state index contributed by atoms with van der Waals surface area (Å²) >= 11 is 0. The smallest absolute Gasteiger partial charge is 0.253 e. The molecule has 1 aromatic heterocycles. The van der Waals surface area contributed by atoms with E-state index in [4.69, 9.17) is 0 Å². The highest BCUT2D eigenvalue weighted by Crippen LogP contribution is 2.12. The summed E-state index contributed by atoms with van der Waals surface area (Å²) in [6.07, 6.45) is 0.855. The second-order valence-electron chi connectivity index (χ2n) is 4.79. The zero-order valence-electron chi connectivity index (χ0n) is 11.4. The van der Waals surface area contributed by atoms with E-state index in [1.165, 1.54) is 11.0 Å². The molecule has 0 radical (unpaired) electrons. The number of tetrazole rings is 1. The van der Waals surface area contributed by atoms with Gasteiger partial charge in [0.1, 0.15) is 6.33 Å². The Bertz CT molecular complexity index is 568. The van der Waals surface area contributed by atoms with Gasteiger partial charge in [-0.2, -0.15) is 4.68 Å². The number of para-hydroxylation sites is 1. The first-order valence-corrected chi connectivity index (χ1v) is 6.38. The molecule has 2 rings (SSSR count). The molecule has 0 saturated heterocycles. The minimum atomic E-state index is -0.570. The van der Waals surface area contributed by atoms with Gasteiger partial charge in [-0.05, 0) is 28.5 Å². The van der Waals surface area contributed by atoms with Gasteiger partial charge in [-0.15, -0.1) is 5.10 Å². The lowest BCUT2D eigenvalue weighted by Crippen LogP contribution is -2.35. The van der Waals surface area contributed by atoms with Crippen molar-refractivity contribution in [3.63, 3.8) is 0 Å². The summed E-state index contributed by atoms with van der Waals surface area (Å²) < 4.78 is 1.42. The molecule has 0 spiro atoms. The minimum absolute atomic E-state index is 0.0880. The number of nitrogens with one attached hydrogen (secondary N) is 1. The fraction of sp³-hybridized carbons (Fsp3) is 0.385. The molecule has 0 bridgehead atoms. The Labute approximate surface area is 116 Å². The highest BCUT2D eigenvalue weighted by Gasteiger charge is 2.15. The fourth-order valence-electron chi connectivity index (χ4n) is 1.67. The van der Waals surface area contributed by atoms with Gasteiger partial charge in [0.2, 0.25) is 0 Å². The Kier molecular flexibility index (Phi) is 4.41. The lowest BCUT2D eigenvalue weighted by molar-refractivity contribution is 0.0871. The third-order valence-electron chi connectivity index (χ3n) is 2.99. The Hall–Kier alpha value is -2.28. The van der Waals surface area contributed by atoms with Gasteiger partial charge < -0.3 is 10.4 Å². The summed E-state index contributed by atoms with van der Waals surface area (Å²) in [5.74, 6) is -0.180. The third-order valence-corrected chi connectivity index (χ3v) is 2.99. The highest BCUT2D eigenvalue weighted by atomic mass is 16.3. The molecule has 0 aliphatic carbocycles. The van der Waals surface area contributed by atoms with Crippen molar-refractivity contribution in [2.75, 3.05) is 6.54 Å². The van der Waals surface area contributed by atoms with E-state index in [9.17, 15) is 9.90 Å². The second-order valence-corrected chi connectivity index (χ2v) is 4.79. The number of nitrogens with zero attached hydrogens (tertiary/aromatic N) is 4. The van der Waals surface area contributed by atoms with Crippen molar-refractivity contribution in [3.05, 3.63) is 36.2 Å². The maximum absolute atomic E-state index is 12.2. The van der Waals surface area contributed by atoms with Crippen LogP contribution < -0.4 is 5.32 Å². The van der Waals surface area contributed by atoms with Crippen LogP contribution in [0.25, 0.3) is 5.69 Å². The van der Waals surface area contributed by atoms with Gasteiger partial charge >= 0.3 is 0 Å². The van der Waals surface area contributed by atoms with E-state index >= 15 is 0 Å². The largest absolute Gasteiger partial charge is 0.391 e. The molecular formula is C13H17N5O2. The number of aliphatic hydroxyl groups is 1. The summed E-state index contributed by atoms with van der Waals surface area (Å²) in [4.78, 5) is 12.2. The van der Waals surface area contributed by atoms with E-state index in [-0.39, 0.29) is 18.4 Å². The second kappa shape index (κ2) is 6.25. The first-order chi connectivity index (χ1) is 9.59. The zero-order chi connectivity index (χ0) is 14.5. The van der Waals surface area contributed by atoms with Crippen molar-refractivity contribution >= 4 is 5.91 Å². The van der Waals surface area contributed by atoms with Crippen LogP contribution >= 0.6 is 0 Å². The van der Waals surface area contributed by atoms with Crippen LogP contribution in [0.5, 0.6) is 0 Å². The fourth-order valence-corrected chi connectivity index (χ4v) is 1.67. The Balaban J connectivity index is 2.15. The lowest BCUT2D eigenvalue weighted by Gasteiger charge is -2.15. The van der Waals surface area contributed by atoms with Gasteiger partial charge in [-0.1, -0.05) is 26.0 Å². The predicted octanol–water partition coefficient (Wildman–Crippen LogP) is 0.409. The van der Waals surface area contributed by atoms with Crippen molar-refractivity contribution in [1.29, 1.82) is 0 Å². The summed E-state index contributed by atoms with van der Waals surface area (Å²) in [6.45, 7) is 4.00.